The Morgan fingerprint density at radius 3 is 2.76 bits per heavy atom. The average molecular weight is 310 g/mol. The van der Waals surface area contributed by atoms with Gasteiger partial charge in [0.2, 0.25) is 11.8 Å². The van der Waals surface area contributed by atoms with Gasteiger partial charge in [-0.15, -0.1) is 11.3 Å². The first-order valence-electron chi connectivity index (χ1n) is 6.06. The first kappa shape index (κ1) is 15.0. The molecular formula is C12H14N4O4S. The van der Waals surface area contributed by atoms with Gasteiger partial charge in [-0.1, -0.05) is 0 Å². The Labute approximate surface area is 123 Å². The van der Waals surface area contributed by atoms with E-state index in [-0.39, 0.29) is 6.42 Å². The molecule has 2 aromatic rings. The molecular weight excluding hydrogens is 296 g/mol. The minimum absolute atomic E-state index is 0.0175. The Balaban J connectivity index is 2.17. The van der Waals surface area contributed by atoms with Gasteiger partial charge in [-0.05, 0) is 6.92 Å². The fraction of sp³-hybridized carbons (Fsp3) is 0.333. The van der Waals surface area contributed by atoms with Crippen molar-refractivity contribution in [2.45, 2.75) is 13.3 Å². The van der Waals surface area contributed by atoms with E-state index >= 15 is 0 Å². The number of hydrogen-bond acceptors (Lipinski definition) is 5. The molecule has 2 aromatic heterocycles. The van der Waals surface area contributed by atoms with E-state index in [4.69, 9.17) is 10.8 Å². The molecule has 0 unspecified atom stereocenters. The molecule has 2 amide bonds. The number of hydrogen-bond donors (Lipinski definition) is 2. The third-order valence-corrected chi connectivity index (χ3v) is 3.65. The van der Waals surface area contributed by atoms with E-state index < -0.39 is 30.9 Å². The van der Waals surface area contributed by atoms with Crippen LogP contribution in [-0.2, 0) is 20.8 Å². The number of aryl methyl sites for hydroxylation is 1. The van der Waals surface area contributed by atoms with Crippen LogP contribution >= 0.6 is 11.3 Å². The predicted molar refractivity (Wildman–Crippen MR) is 74.9 cm³/mol. The van der Waals surface area contributed by atoms with E-state index in [0.717, 1.165) is 15.6 Å². The molecule has 0 bridgehead atoms. The first-order chi connectivity index (χ1) is 9.86. The summed E-state index contributed by atoms with van der Waals surface area (Å²) in [5, 5.41) is 10.6. The first-order valence-corrected chi connectivity index (χ1v) is 6.94. The summed E-state index contributed by atoms with van der Waals surface area (Å²) < 4.78 is 1.78. The zero-order valence-corrected chi connectivity index (χ0v) is 12.1. The summed E-state index contributed by atoms with van der Waals surface area (Å²) in [5.74, 6) is -2.42. The number of aromatic nitrogens is 2. The van der Waals surface area contributed by atoms with Crippen molar-refractivity contribution in [3.8, 4) is 0 Å². The van der Waals surface area contributed by atoms with Crippen LogP contribution in [0.5, 0.6) is 0 Å². The fourth-order valence-electron chi connectivity index (χ4n) is 1.92. The standard InChI is InChI=1S/C12H14N4O4S/c1-7-3-16-8(6-21-12(16)14-7)2-10(18)15(4-9(13)17)5-11(19)20/h3,6H,2,4-5H2,1H3,(H2,13,17)(H,19,20). The van der Waals surface area contributed by atoms with E-state index in [1.54, 1.807) is 16.0 Å². The normalized spacial score (nSPS) is 10.7. The molecule has 0 radical (unpaired) electrons. The maximum Gasteiger partial charge on any atom is 0.323 e. The van der Waals surface area contributed by atoms with E-state index in [1.165, 1.54) is 11.3 Å². The molecule has 112 valence electrons. The minimum Gasteiger partial charge on any atom is -0.480 e. The zero-order chi connectivity index (χ0) is 15.6. The van der Waals surface area contributed by atoms with Crippen molar-refractivity contribution in [1.82, 2.24) is 14.3 Å². The number of aliphatic carboxylic acids is 1. The number of carboxylic acids is 1. The van der Waals surface area contributed by atoms with Gasteiger partial charge in [0.25, 0.3) is 0 Å². The SMILES string of the molecule is Cc1cn2c(CC(=O)N(CC(N)=O)CC(=O)O)csc2n1. The average Bonchev–Trinajstić information content (AvgIpc) is 2.88. The third-order valence-electron chi connectivity index (χ3n) is 2.76. The van der Waals surface area contributed by atoms with Crippen molar-refractivity contribution in [3.63, 3.8) is 0 Å². The number of nitrogens with two attached hydrogens (primary N) is 1. The molecule has 0 saturated carbocycles. The number of fused-ring (bicyclic) bond motifs is 1. The van der Waals surface area contributed by atoms with Crippen molar-refractivity contribution in [1.29, 1.82) is 0 Å². The third kappa shape index (κ3) is 3.57. The number of carbonyl (C=O) groups excluding carboxylic acids is 2. The van der Waals surface area contributed by atoms with Gasteiger partial charge in [-0.3, -0.25) is 18.8 Å². The van der Waals surface area contributed by atoms with E-state index in [2.05, 4.69) is 4.98 Å². The summed E-state index contributed by atoms with van der Waals surface area (Å²) in [6, 6.07) is 0. The molecule has 2 heterocycles. The van der Waals surface area contributed by atoms with Crippen LogP contribution in [0, 0.1) is 6.92 Å². The minimum atomic E-state index is -1.20. The van der Waals surface area contributed by atoms with Gasteiger partial charge in [-0.2, -0.15) is 0 Å². The van der Waals surface area contributed by atoms with Crippen LogP contribution < -0.4 is 5.73 Å². The maximum atomic E-state index is 12.2. The number of nitrogens with zero attached hydrogens (tertiary/aromatic N) is 3. The van der Waals surface area contributed by atoms with Crippen molar-refractivity contribution in [3.05, 3.63) is 23.0 Å². The maximum absolute atomic E-state index is 12.2. The summed E-state index contributed by atoms with van der Waals surface area (Å²) in [6.07, 6.45) is 1.78. The molecule has 3 N–H and O–H groups in total. The van der Waals surface area contributed by atoms with Gasteiger partial charge in [0, 0.05) is 17.3 Å². The zero-order valence-electron chi connectivity index (χ0n) is 11.3. The molecule has 2 rings (SSSR count). The molecule has 9 heteroatoms. The topological polar surface area (TPSA) is 118 Å². The molecule has 21 heavy (non-hydrogen) atoms. The summed E-state index contributed by atoms with van der Waals surface area (Å²) in [5.41, 5.74) is 6.56. The van der Waals surface area contributed by atoms with Gasteiger partial charge in [0.05, 0.1) is 18.7 Å². The molecule has 0 aliphatic carbocycles. The smallest absolute Gasteiger partial charge is 0.323 e. The van der Waals surface area contributed by atoms with Crippen LogP contribution in [0.4, 0.5) is 0 Å². The van der Waals surface area contributed by atoms with E-state index in [9.17, 15) is 14.4 Å². The van der Waals surface area contributed by atoms with Crippen LogP contribution in [0.1, 0.15) is 11.4 Å². The Hall–Kier alpha value is -2.42. The van der Waals surface area contributed by atoms with Crippen LogP contribution in [0.15, 0.2) is 11.6 Å². The van der Waals surface area contributed by atoms with Crippen LogP contribution in [-0.4, -0.2) is 50.3 Å². The summed E-state index contributed by atoms with van der Waals surface area (Å²) >= 11 is 1.39. The highest BCUT2D eigenvalue weighted by Crippen LogP contribution is 2.17. The predicted octanol–water partition coefficient (Wildman–Crippen LogP) is -0.355. The van der Waals surface area contributed by atoms with Gasteiger partial charge in [0.1, 0.15) is 6.54 Å². The second-order valence-corrected chi connectivity index (χ2v) is 5.39. The number of carboxylic acid groups (broad SMARTS) is 1. The number of amides is 2. The number of rotatable bonds is 6. The Morgan fingerprint density at radius 1 is 1.43 bits per heavy atom. The van der Waals surface area contributed by atoms with Crippen LogP contribution in [0.2, 0.25) is 0 Å². The van der Waals surface area contributed by atoms with Crippen LogP contribution in [0.3, 0.4) is 0 Å². The number of carbonyl (C=O) groups is 3. The van der Waals surface area contributed by atoms with Gasteiger partial charge in [-0.25, -0.2) is 4.98 Å². The van der Waals surface area contributed by atoms with E-state index in [1.807, 2.05) is 6.92 Å². The van der Waals surface area contributed by atoms with Crippen molar-refractivity contribution in [2.24, 2.45) is 5.73 Å². The number of imidazole rings is 1. The molecule has 0 aliphatic heterocycles. The Morgan fingerprint density at radius 2 is 2.14 bits per heavy atom. The van der Waals surface area contributed by atoms with Gasteiger partial charge >= 0.3 is 5.97 Å². The summed E-state index contributed by atoms with van der Waals surface area (Å²) in [6.45, 7) is 0.870. The van der Waals surface area contributed by atoms with Crippen molar-refractivity contribution in [2.75, 3.05) is 13.1 Å². The number of thiazole rings is 1. The molecule has 0 fully saturated rings. The summed E-state index contributed by atoms with van der Waals surface area (Å²) in [7, 11) is 0. The lowest BCUT2D eigenvalue weighted by molar-refractivity contribution is -0.145. The van der Waals surface area contributed by atoms with Gasteiger partial charge < -0.3 is 15.7 Å². The Kier molecular flexibility index (Phi) is 4.22. The molecule has 0 aliphatic rings. The van der Waals surface area contributed by atoms with Crippen LogP contribution in [0.25, 0.3) is 4.96 Å². The lowest BCUT2D eigenvalue weighted by atomic mass is 10.3. The highest BCUT2D eigenvalue weighted by molar-refractivity contribution is 7.15. The fourth-order valence-corrected chi connectivity index (χ4v) is 2.84. The molecule has 0 spiro atoms. The quantitative estimate of drug-likeness (QED) is 0.755. The Bertz CT molecular complexity index is 689. The molecule has 8 nitrogen and oxygen atoms in total. The molecule has 0 aromatic carbocycles. The van der Waals surface area contributed by atoms with Gasteiger partial charge in [0.15, 0.2) is 4.96 Å². The highest BCUT2D eigenvalue weighted by atomic mass is 32.1. The highest BCUT2D eigenvalue weighted by Gasteiger charge is 2.20. The number of primary amides is 1. The molecule has 0 saturated heterocycles. The van der Waals surface area contributed by atoms with Crippen molar-refractivity contribution >= 4 is 34.1 Å². The summed E-state index contributed by atoms with van der Waals surface area (Å²) in [4.78, 5) is 39.8. The van der Waals surface area contributed by atoms with E-state index in [0.29, 0.717) is 5.69 Å². The largest absolute Gasteiger partial charge is 0.480 e. The molecule has 0 atom stereocenters. The monoisotopic (exact) mass is 310 g/mol. The second-order valence-electron chi connectivity index (χ2n) is 4.55. The second kappa shape index (κ2) is 5.92. The van der Waals surface area contributed by atoms with Crippen molar-refractivity contribution < 1.29 is 19.5 Å². The lowest BCUT2D eigenvalue weighted by Gasteiger charge is -2.18. The lowest BCUT2D eigenvalue weighted by Crippen LogP contribution is -2.42.